The number of para-hydroxylation sites is 1. The third-order valence-electron chi connectivity index (χ3n) is 4.07. The molecule has 1 heterocycles. The summed E-state index contributed by atoms with van der Waals surface area (Å²) in [6.07, 6.45) is 0.292. The van der Waals surface area contributed by atoms with Gasteiger partial charge in [0.1, 0.15) is 6.04 Å². The van der Waals surface area contributed by atoms with Crippen LogP contribution >= 0.6 is 0 Å². The average molecular weight is 350 g/mol. The largest absolute Gasteiger partial charge is 0.467 e. The smallest absolute Gasteiger partial charge is 0.328 e. The van der Waals surface area contributed by atoms with Gasteiger partial charge in [-0.15, -0.1) is 0 Å². The second kappa shape index (κ2) is 7.65. The highest BCUT2D eigenvalue weighted by Crippen LogP contribution is 2.15. The van der Waals surface area contributed by atoms with E-state index < -0.39 is 17.9 Å². The van der Waals surface area contributed by atoms with Crippen molar-refractivity contribution in [2.75, 3.05) is 7.11 Å². The first-order valence-corrected chi connectivity index (χ1v) is 8.13. The highest BCUT2D eigenvalue weighted by atomic mass is 16.5. The average Bonchev–Trinajstić information content (AvgIpc) is 2.66. The van der Waals surface area contributed by atoms with Gasteiger partial charge in [-0.25, -0.2) is 4.79 Å². The molecule has 0 saturated carbocycles. The topological polar surface area (TPSA) is 88.3 Å². The summed E-state index contributed by atoms with van der Waals surface area (Å²) >= 11 is 0. The zero-order valence-corrected chi connectivity index (χ0v) is 14.2. The van der Waals surface area contributed by atoms with E-state index in [4.69, 9.17) is 4.74 Å². The van der Waals surface area contributed by atoms with Crippen LogP contribution in [0, 0.1) is 0 Å². The molecule has 1 amide bonds. The van der Waals surface area contributed by atoms with E-state index in [1.54, 1.807) is 24.3 Å². The second-order valence-electron chi connectivity index (χ2n) is 5.83. The number of hydrogen-bond donors (Lipinski definition) is 2. The van der Waals surface area contributed by atoms with Gasteiger partial charge in [0.05, 0.1) is 12.7 Å². The summed E-state index contributed by atoms with van der Waals surface area (Å²) in [4.78, 5) is 39.4. The van der Waals surface area contributed by atoms with Crippen molar-refractivity contribution in [3.63, 3.8) is 0 Å². The summed E-state index contributed by atoms with van der Waals surface area (Å²) in [5.74, 6) is -1.05. The van der Waals surface area contributed by atoms with Gasteiger partial charge in [-0.05, 0) is 11.6 Å². The van der Waals surface area contributed by atoms with Gasteiger partial charge in [-0.3, -0.25) is 9.59 Å². The fraction of sp³-hybridized carbons (Fsp3) is 0.150. The Labute approximate surface area is 149 Å². The first kappa shape index (κ1) is 17.4. The van der Waals surface area contributed by atoms with Gasteiger partial charge in [0, 0.05) is 23.4 Å². The Bertz CT molecular complexity index is 995. The molecule has 132 valence electrons. The van der Waals surface area contributed by atoms with Crippen molar-refractivity contribution in [3.8, 4) is 0 Å². The summed E-state index contributed by atoms with van der Waals surface area (Å²) in [5, 5.41) is 3.29. The lowest BCUT2D eigenvalue weighted by Gasteiger charge is -2.17. The number of ether oxygens (including phenoxy) is 1. The molecule has 0 aliphatic heterocycles. The number of carbonyl (C=O) groups is 2. The maximum atomic E-state index is 12.8. The Morgan fingerprint density at radius 3 is 2.50 bits per heavy atom. The number of carbonyl (C=O) groups excluding carboxylic acids is 2. The number of pyridine rings is 1. The molecule has 1 atom stereocenters. The Hall–Kier alpha value is -3.41. The lowest BCUT2D eigenvalue weighted by atomic mass is 10.0. The summed E-state index contributed by atoms with van der Waals surface area (Å²) in [7, 11) is 1.27. The molecule has 0 aliphatic rings. The van der Waals surface area contributed by atoms with Gasteiger partial charge in [0.2, 0.25) is 5.56 Å². The molecule has 3 aromatic rings. The molecular formula is C20H18N2O4. The molecule has 0 bridgehead atoms. The molecule has 26 heavy (non-hydrogen) atoms. The van der Waals surface area contributed by atoms with Crippen LogP contribution in [0.15, 0.2) is 65.5 Å². The van der Waals surface area contributed by atoms with Crippen LogP contribution in [0.3, 0.4) is 0 Å². The number of amides is 1. The minimum absolute atomic E-state index is 0.214. The maximum Gasteiger partial charge on any atom is 0.328 e. The Kier molecular flexibility index (Phi) is 5.12. The third kappa shape index (κ3) is 3.80. The maximum absolute atomic E-state index is 12.8. The van der Waals surface area contributed by atoms with Gasteiger partial charge >= 0.3 is 5.97 Å². The molecular weight excluding hydrogens is 332 g/mol. The van der Waals surface area contributed by atoms with Crippen molar-refractivity contribution >= 4 is 22.8 Å². The number of hydrogen-bond acceptors (Lipinski definition) is 4. The Morgan fingerprint density at radius 2 is 1.77 bits per heavy atom. The third-order valence-corrected chi connectivity index (χ3v) is 4.07. The van der Waals surface area contributed by atoms with Crippen LogP contribution in [0.25, 0.3) is 10.9 Å². The molecule has 6 heteroatoms. The van der Waals surface area contributed by atoms with Crippen molar-refractivity contribution in [2.24, 2.45) is 0 Å². The van der Waals surface area contributed by atoms with Crippen molar-refractivity contribution < 1.29 is 14.3 Å². The monoisotopic (exact) mass is 350 g/mol. The van der Waals surface area contributed by atoms with Crippen LogP contribution in [0.5, 0.6) is 0 Å². The Balaban J connectivity index is 1.91. The summed E-state index contributed by atoms with van der Waals surface area (Å²) in [6.45, 7) is 0. The summed E-state index contributed by atoms with van der Waals surface area (Å²) in [5.41, 5.74) is 1.28. The predicted molar refractivity (Wildman–Crippen MR) is 98.0 cm³/mol. The lowest BCUT2D eigenvalue weighted by Crippen LogP contribution is -2.43. The van der Waals surface area contributed by atoms with Crippen LogP contribution in [0.2, 0.25) is 0 Å². The number of fused-ring (bicyclic) bond motifs is 1. The quantitative estimate of drug-likeness (QED) is 0.689. The summed E-state index contributed by atoms with van der Waals surface area (Å²) < 4.78 is 4.81. The van der Waals surface area contributed by atoms with Crippen LogP contribution in [-0.4, -0.2) is 30.0 Å². The van der Waals surface area contributed by atoms with Gasteiger partial charge < -0.3 is 15.0 Å². The van der Waals surface area contributed by atoms with Crippen molar-refractivity contribution in [1.82, 2.24) is 10.3 Å². The standard InChI is InChI=1S/C20H18N2O4/c1-26-20(25)17(11-13-7-3-2-4-8-13)22-19(24)15-12-18(23)21-16-10-6-5-9-14(15)16/h2-10,12,17H,11H2,1H3,(H,21,23)(H,22,24). The van der Waals surface area contributed by atoms with Crippen molar-refractivity contribution in [1.29, 1.82) is 0 Å². The van der Waals surface area contributed by atoms with Crippen LogP contribution in [-0.2, 0) is 16.0 Å². The summed E-state index contributed by atoms with van der Waals surface area (Å²) in [6, 6.07) is 16.7. The van der Waals surface area contributed by atoms with Gasteiger partial charge in [0.15, 0.2) is 0 Å². The number of nitrogens with one attached hydrogen (secondary N) is 2. The zero-order valence-electron chi connectivity index (χ0n) is 14.2. The van der Waals surface area contributed by atoms with E-state index in [0.717, 1.165) is 5.56 Å². The molecule has 0 fully saturated rings. The fourth-order valence-electron chi connectivity index (χ4n) is 2.81. The van der Waals surface area contributed by atoms with E-state index in [9.17, 15) is 14.4 Å². The van der Waals surface area contributed by atoms with Gasteiger partial charge in [-0.2, -0.15) is 0 Å². The normalized spacial score (nSPS) is 11.7. The number of aromatic amines is 1. The number of esters is 1. The fourth-order valence-corrected chi connectivity index (χ4v) is 2.81. The molecule has 0 saturated heterocycles. The molecule has 3 rings (SSSR count). The van der Waals surface area contributed by atoms with E-state index in [-0.39, 0.29) is 11.1 Å². The molecule has 1 aromatic heterocycles. The van der Waals surface area contributed by atoms with Gasteiger partial charge in [-0.1, -0.05) is 48.5 Å². The predicted octanol–water partition coefficient (Wildman–Crippen LogP) is 2.04. The van der Waals surface area contributed by atoms with E-state index in [1.165, 1.54) is 13.2 Å². The first-order chi connectivity index (χ1) is 12.6. The Morgan fingerprint density at radius 1 is 1.08 bits per heavy atom. The van der Waals surface area contributed by atoms with Crippen LogP contribution in [0.4, 0.5) is 0 Å². The number of aromatic nitrogens is 1. The number of methoxy groups -OCH3 is 1. The number of benzene rings is 2. The number of H-pyrrole nitrogens is 1. The number of rotatable bonds is 5. The molecule has 1 unspecified atom stereocenters. The second-order valence-corrected chi connectivity index (χ2v) is 5.83. The molecule has 6 nitrogen and oxygen atoms in total. The minimum Gasteiger partial charge on any atom is -0.467 e. The minimum atomic E-state index is -0.854. The SMILES string of the molecule is COC(=O)C(Cc1ccccc1)NC(=O)c1cc(=O)[nH]c2ccccc12. The van der Waals surface area contributed by atoms with E-state index in [1.807, 2.05) is 30.3 Å². The highest BCUT2D eigenvalue weighted by molar-refractivity contribution is 6.07. The molecule has 0 spiro atoms. The van der Waals surface area contributed by atoms with Crippen LogP contribution < -0.4 is 10.9 Å². The van der Waals surface area contributed by atoms with Gasteiger partial charge in [0.25, 0.3) is 5.91 Å². The molecule has 2 N–H and O–H groups in total. The molecule has 0 aliphatic carbocycles. The van der Waals surface area contributed by atoms with Crippen LogP contribution in [0.1, 0.15) is 15.9 Å². The van der Waals surface area contributed by atoms with E-state index >= 15 is 0 Å². The lowest BCUT2D eigenvalue weighted by molar-refractivity contribution is -0.142. The molecule has 0 radical (unpaired) electrons. The highest BCUT2D eigenvalue weighted by Gasteiger charge is 2.23. The van der Waals surface area contributed by atoms with E-state index in [0.29, 0.717) is 17.3 Å². The van der Waals surface area contributed by atoms with Crippen molar-refractivity contribution in [3.05, 3.63) is 82.1 Å². The first-order valence-electron chi connectivity index (χ1n) is 8.13. The van der Waals surface area contributed by atoms with Crippen molar-refractivity contribution in [2.45, 2.75) is 12.5 Å². The van der Waals surface area contributed by atoms with E-state index in [2.05, 4.69) is 10.3 Å². The molecule has 2 aromatic carbocycles. The zero-order chi connectivity index (χ0) is 18.5.